The predicted octanol–water partition coefficient (Wildman–Crippen LogP) is 3.52. The van der Waals surface area contributed by atoms with Crippen LogP contribution in [0.5, 0.6) is 11.5 Å². The summed E-state index contributed by atoms with van der Waals surface area (Å²) >= 11 is 0. The van der Waals surface area contributed by atoms with Gasteiger partial charge in [-0.3, -0.25) is 14.3 Å². The summed E-state index contributed by atoms with van der Waals surface area (Å²) in [6.45, 7) is 0. The average Bonchev–Trinajstić information content (AvgIpc) is 3.65. The number of ether oxygens (including phenoxy) is 4. The molecule has 244 valence electrons. The van der Waals surface area contributed by atoms with Gasteiger partial charge in [0.25, 0.3) is 5.56 Å². The van der Waals surface area contributed by atoms with E-state index in [2.05, 4.69) is 19.9 Å². The summed E-state index contributed by atoms with van der Waals surface area (Å²) in [7, 11) is 6.78. The highest BCUT2D eigenvalue weighted by Crippen LogP contribution is 2.42. The molecule has 2 aromatic heterocycles. The molecule has 0 aliphatic carbocycles. The van der Waals surface area contributed by atoms with Gasteiger partial charge >= 0.3 is 0 Å². The Labute approximate surface area is 270 Å². The Balaban J connectivity index is 1.39. The summed E-state index contributed by atoms with van der Waals surface area (Å²) in [5.41, 5.74) is 2.06. The molecule has 6 rings (SSSR count). The first-order valence-electron chi connectivity index (χ1n) is 14.9. The van der Waals surface area contributed by atoms with Gasteiger partial charge in [0, 0.05) is 14.1 Å². The van der Waals surface area contributed by atoms with Crippen molar-refractivity contribution < 1.29 is 29.2 Å². The molecule has 5 aromatic rings. The van der Waals surface area contributed by atoms with E-state index in [9.17, 15) is 15.0 Å². The molecule has 1 aliphatic heterocycles. The first-order chi connectivity index (χ1) is 22.8. The van der Waals surface area contributed by atoms with Gasteiger partial charge in [0.2, 0.25) is 5.95 Å². The maximum Gasteiger partial charge on any atom is 0.280 e. The number of nitrogens with zero attached hydrogens (tertiary/aromatic N) is 5. The number of imidazole rings is 1. The van der Waals surface area contributed by atoms with Crippen LogP contribution in [0.3, 0.4) is 0 Å². The minimum absolute atomic E-state index is 0.0393. The molecule has 47 heavy (non-hydrogen) atoms. The molecule has 0 bridgehead atoms. The third-order valence-electron chi connectivity index (χ3n) is 7.93. The molecule has 13 heteroatoms. The van der Waals surface area contributed by atoms with Crippen LogP contribution in [-0.2, 0) is 9.47 Å². The molecule has 3 heterocycles. The molecule has 5 atom stereocenters. The number of aliphatic hydroxyl groups excluding tert-OH is 2. The van der Waals surface area contributed by atoms with Gasteiger partial charge in [-0.05, 0) is 41.0 Å². The molecule has 1 unspecified atom stereocenters. The number of aliphatic imine (C=N–C) groups is 1. The van der Waals surface area contributed by atoms with Crippen LogP contribution in [0, 0.1) is 0 Å². The highest BCUT2D eigenvalue weighted by atomic mass is 16.6. The van der Waals surface area contributed by atoms with Crippen molar-refractivity contribution >= 4 is 23.5 Å². The van der Waals surface area contributed by atoms with Crippen LogP contribution in [0.1, 0.15) is 35.1 Å². The number of aliphatic hydroxyl groups is 2. The Morgan fingerprint density at radius 3 is 2.11 bits per heavy atom. The summed E-state index contributed by atoms with van der Waals surface area (Å²) in [4.78, 5) is 29.9. The standard InChI is InChI=1S/C34H36N6O7/c1-39(2)18-36-34-37-31-25(32(43)38-34)35-19-40(31)33-27(42)26(41)30(47-33)29(20-8-6-5-7-9-20)46-28(21-10-14-23(44-3)15-11-21)22-12-16-24(45-4)17-13-22/h5-19,26-30,33,41-42H,1-4H3,(H,37,38,43)/b36-18+/t26-,27+,29?,30+,33+/m0/s1. The van der Waals surface area contributed by atoms with Gasteiger partial charge < -0.3 is 34.1 Å². The number of methoxy groups -OCH3 is 2. The summed E-state index contributed by atoms with van der Waals surface area (Å²) < 4.78 is 25.5. The van der Waals surface area contributed by atoms with E-state index in [-0.39, 0.29) is 17.1 Å². The third kappa shape index (κ3) is 6.60. The monoisotopic (exact) mass is 640 g/mol. The minimum Gasteiger partial charge on any atom is -0.497 e. The van der Waals surface area contributed by atoms with Crippen LogP contribution in [0.25, 0.3) is 11.2 Å². The Kier molecular flexibility index (Phi) is 9.31. The van der Waals surface area contributed by atoms with Gasteiger partial charge in [-0.2, -0.15) is 4.98 Å². The van der Waals surface area contributed by atoms with Crippen molar-refractivity contribution in [2.75, 3.05) is 28.3 Å². The molecule has 3 aromatic carbocycles. The average molecular weight is 641 g/mol. The second kappa shape index (κ2) is 13.7. The fraction of sp³-hybridized carbons (Fsp3) is 0.294. The quantitative estimate of drug-likeness (QED) is 0.144. The fourth-order valence-corrected chi connectivity index (χ4v) is 5.54. The number of benzene rings is 3. The molecular formula is C34H36N6O7. The van der Waals surface area contributed by atoms with Gasteiger partial charge in [-0.25, -0.2) is 9.98 Å². The predicted molar refractivity (Wildman–Crippen MR) is 174 cm³/mol. The molecule has 1 fully saturated rings. The molecule has 0 radical (unpaired) electrons. The van der Waals surface area contributed by atoms with Crippen molar-refractivity contribution in [1.29, 1.82) is 0 Å². The number of aromatic nitrogens is 4. The van der Waals surface area contributed by atoms with E-state index < -0.39 is 42.3 Å². The number of fused-ring (bicyclic) bond motifs is 1. The van der Waals surface area contributed by atoms with Crippen molar-refractivity contribution in [2.24, 2.45) is 4.99 Å². The second-order valence-electron chi connectivity index (χ2n) is 11.3. The number of rotatable bonds is 11. The molecule has 3 N–H and O–H groups in total. The maximum absolute atomic E-state index is 12.8. The van der Waals surface area contributed by atoms with Crippen molar-refractivity contribution in [3.8, 4) is 11.5 Å². The van der Waals surface area contributed by atoms with Crippen LogP contribution in [0.15, 0.2) is 95.0 Å². The lowest BCUT2D eigenvalue weighted by molar-refractivity contribution is -0.124. The topological polar surface area (TPSA) is 157 Å². The number of H-pyrrole nitrogens is 1. The zero-order chi connectivity index (χ0) is 33.1. The van der Waals surface area contributed by atoms with E-state index in [0.717, 1.165) is 16.7 Å². The molecule has 1 saturated heterocycles. The van der Waals surface area contributed by atoms with Gasteiger partial charge in [-0.15, -0.1) is 0 Å². The van der Waals surface area contributed by atoms with Crippen LogP contribution in [0.4, 0.5) is 5.95 Å². The smallest absolute Gasteiger partial charge is 0.280 e. The zero-order valence-electron chi connectivity index (χ0n) is 26.3. The molecule has 0 saturated carbocycles. The first-order valence-corrected chi connectivity index (χ1v) is 14.9. The third-order valence-corrected chi connectivity index (χ3v) is 7.93. The van der Waals surface area contributed by atoms with Crippen LogP contribution >= 0.6 is 0 Å². The number of hydrogen-bond acceptors (Lipinski definition) is 10. The number of hydrogen-bond donors (Lipinski definition) is 3. The highest BCUT2D eigenvalue weighted by Gasteiger charge is 2.49. The van der Waals surface area contributed by atoms with Gasteiger partial charge in [-0.1, -0.05) is 54.6 Å². The van der Waals surface area contributed by atoms with E-state index in [1.54, 1.807) is 33.2 Å². The Bertz CT molecular complexity index is 1830. The van der Waals surface area contributed by atoms with E-state index in [0.29, 0.717) is 11.5 Å². The first kappa shape index (κ1) is 31.9. The normalized spacial score (nSPS) is 20.2. The highest BCUT2D eigenvalue weighted by molar-refractivity contribution is 5.71. The van der Waals surface area contributed by atoms with Gasteiger partial charge in [0.05, 0.1) is 26.9 Å². The van der Waals surface area contributed by atoms with E-state index in [4.69, 9.17) is 18.9 Å². The number of aromatic amines is 1. The Morgan fingerprint density at radius 2 is 1.53 bits per heavy atom. The van der Waals surface area contributed by atoms with Crippen molar-refractivity contribution in [3.63, 3.8) is 0 Å². The number of nitrogens with one attached hydrogen (secondary N) is 1. The largest absolute Gasteiger partial charge is 0.497 e. The molecule has 1 aliphatic rings. The molecule has 13 nitrogen and oxygen atoms in total. The second-order valence-corrected chi connectivity index (χ2v) is 11.3. The minimum atomic E-state index is -1.41. The fourth-order valence-electron chi connectivity index (χ4n) is 5.54. The van der Waals surface area contributed by atoms with E-state index >= 15 is 0 Å². The van der Waals surface area contributed by atoms with Gasteiger partial charge in [0.15, 0.2) is 17.4 Å². The van der Waals surface area contributed by atoms with Crippen LogP contribution < -0.4 is 15.0 Å². The van der Waals surface area contributed by atoms with Gasteiger partial charge in [0.1, 0.15) is 42.0 Å². The zero-order valence-corrected chi connectivity index (χ0v) is 26.3. The molecule has 0 amide bonds. The summed E-state index contributed by atoms with van der Waals surface area (Å²) in [6.07, 6.45) is -3.61. The summed E-state index contributed by atoms with van der Waals surface area (Å²) in [5, 5.41) is 22.9. The summed E-state index contributed by atoms with van der Waals surface area (Å²) in [5.74, 6) is 1.44. The lowest BCUT2D eigenvalue weighted by Crippen LogP contribution is -2.36. The van der Waals surface area contributed by atoms with Crippen molar-refractivity contribution in [2.45, 2.75) is 36.7 Å². The Hall–Kier alpha value is -5.08. The molecule has 0 spiro atoms. The maximum atomic E-state index is 12.8. The molecular weight excluding hydrogens is 604 g/mol. The van der Waals surface area contributed by atoms with Crippen molar-refractivity contribution in [1.82, 2.24) is 24.4 Å². The van der Waals surface area contributed by atoms with Crippen LogP contribution in [0.2, 0.25) is 0 Å². The Morgan fingerprint density at radius 1 is 0.915 bits per heavy atom. The van der Waals surface area contributed by atoms with E-state index in [1.807, 2.05) is 78.9 Å². The van der Waals surface area contributed by atoms with Crippen LogP contribution in [-0.4, -0.2) is 87.6 Å². The lowest BCUT2D eigenvalue weighted by atomic mass is 9.96. The summed E-state index contributed by atoms with van der Waals surface area (Å²) in [6, 6.07) is 24.4. The van der Waals surface area contributed by atoms with Crippen molar-refractivity contribution in [3.05, 3.63) is 112 Å². The lowest BCUT2D eigenvalue weighted by Gasteiger charge is -2.31. The SMILES string of the molecule is COc1ccc(C(OC(c2ccccc2)[C@@H]2O[C@@H](n3cnc4c(=O)[nH]c(/N=C/N(C)C)nc43)[C@H](O)[C@@H]2O)c2ccc(OC)cc2)cc1. The van der Waals surface area contributed by atoms with E-state index in [1.165, 1.54) is 17.2 Å².